The van der Waals surface area contributed by atoms with E-state index in [0.717, 1.165) is 16.8 Å². The summed E-state index contributed by atoms with van der Waals surface area (Å²) in [6.45, 7) is 0. The van der Waals surface area contributed by atoms with Crippen molar-refractivity contribution >= 4 is 28.6 Å². The van der Waals surface area contributed by atoms with E-state index in [1.807, 2.05) is 0 Å². The van der Waals surface area contributed by atoms with Crippen molar-refractivity contribution < 1.29 is 25.2 Å². The largest absolute Gasteiger partial charge is 0.504 e. The van der Waals surface area contributed by atoms with Crippen LogP contribution in [0.5, 0.6) is 17.2 Å². The minimum atomic E-state index is -1.24. The van der Waals surface area contributed by atoms with Crippen LogP contribution in [-0.4, -0.2) is 41.4 Å². The van der Waals surface area contributed by atoms with Crippen LogP contribution in [0.15, 0.2) is 12.1 Å². The topological polar surface area (TPSA) is 129 Å². The Labute approximate surface area is 113 Å². The molecular formula is C9H6IN3O5. The summed E-state index contributed by atoms with van der Waals surface area (Å²) in [6, 6.07) is 2.25. The number of nitrogens with zero attached hydrogens (tertiary/aromatic N) is 3. The Morgan fingerprint density at radius 3 is 2.22 bits per heavy atom. The molecule has 1 aromatic heterocycles. The summed E-state index contributed by atoms with van der Waals surface area (Å²) < 4.78 is 1.31. The highest BCUT2D eigenvalue weighted by atomic mass is 127. The van der Waals surface area contributed by atoms with Crippen LogP contribution >= 0.6 is 22.6 Å². The molecule has 0 aliphatic heterocycles. The molecule has 94 valence electrons. The SMILES string of the molecule is O=C(O)c1nnn(-c2cc(O)c(O)c(O)c2)c1I. The molecule has 0 saturated carbocycles. The smallest absolute Gasteiger partial charge is 0.359 e. The Bertz CT molecular complexity index is 616. The van der Waals surface area contributed by atoms with Gasteiger partial charge in [0.05, 0.1) is 5.69 Å². The highest BCUT2D eigenvalue weighted by molar-refractivity contribution is 14.1. The van der Waals surface area contributed by atoms with Gasteiger partial charge in [0.1, 0.15) is 3.70 Å². The van der Waals surface area contributed by atoms with Crippen LogP contribution in [-0.2, 0) is 0 Å². The lowest BCUT2D eigenvalue weighted by Gasteiger charge is -2.06. The molecule has 1 heterocycles. The second-order valence-electron chi connectivity index (χ2n) is 3.28. The molecule has 0 bridgehead atoms. The quantitative estimate of drug-likeness (QED) is 0.456. The predicted octanol–water partition coefficient (Wildman–Crippen LogP) is 0.687. The van der Waals surface area contributed by atoms with Crippen LogP contribution < -0.4 is 0 Å². The molecule has 0 unspecified atom stereocenters. The molecule has 0 fully saturated rings. The lowest BCUT2D eigenvalue weighted by atomic mass is 10.2. The monoisotopic (exact) mass is 363 g/mol. The highest BCUT2D eigenvalue weighted by Crippen LogP contribution is 2.36. The first kappa shape index (κ1) is 12.4. The van der Waals surface area contributed by atoms with Crippen molar-refractivity contribution in [2.24, 2.45) is 0 Å². The summed E-state index contributed by atoms with van der Waals surface area (Å²) in [5.74, 6) is -2.99. The van der Waals surface area contributed by atoms with Crippen molar-refractivity contribution in [3.8, 4) is 22.9 Å². The summed E-state index contributed by atoms with van der Waals surface area (Å²) in [5.41, 5.74) is -0.0742. The molecule has 0 aliphatic carbocycles. The van der Waals surface area contributed by atoms with E-state index in [0.29, 0.717) is 0 Å². The van der Waals surface area contributed by atoms with Crippen molar-refractivity contribution in [3.05, 3.63) is 21.5 Å². The minimum Gasteiger partial charge on any atom is -0.504 e. The first-order valence-electron chi connectivity index (χ1n) is 4.51. The van der Waals surface area contributed by atoms with E-state index in [1.54, 1.807) is 22.6 Å². The summed E-state index contributed by atoms with van der Waals surface area (Å²) in [6.07, 6.45) is 0. The van der Waals surface area contributed by atoms with Gasteiger partial charge in [-0.05, 0) is 22.6 Å². The van der Waals surface area contributed by atoms with Gasteiger partial charge in [0, 0.05) is 12.1 Å². The van der Waals surface area contributed by atoms with Crippen LogP contribution in [0, 0.1) is 3.70 Å². The highest BCUT2D eigenvalue weighted by Gasteiger charge is 2.19. The maximum atomic E-state index is 10.8. The Morgan fingerprint density at radius 1 is 1.22 bits per heavy atom. The van der Waals surface area contributed by atoms with E-state index in [9.17, 15) is 20.1 Å². The second kappa shape index (κ2) is 4.33. The number of phenolic OH excluding ortho intramolecular Hbond substituents is 3. The van der Waals surface area contributed by atoms with Crippen molar-refractivity contribution in [1.29, 1.82) is 0 Å². The summed E-state index contributed by atoms with van der Waals surface area (Å²) in [7, 11) is 0. The molecule has 0 amide bonds. The Kier molecular flexibility index (Phi) is 2.98. The molecule has 0 aliphatic rings. The van der Waals surface area contributed by atoms with E-state index < -0.39 is 23.2 Å². The van der Waals surface area contributed by atoms with Gasteiger partial charge < -0.3 is 20.4 Å². The first-order chi connectivity index (χ1) is 8.41. The summed E-state index contributed by atoms with van der Waals surface area (Å²) in [5, 5.41) is 43.8. The van der Waals surface area contributed by atoms with Gasteiger partial charge in [-0.3, -0.25) is 0 Å². The molecule has 1 aromatic carbocycles. The van der Waals surface area contributed by atoms with E-state index >= 15 is 0 Å². The Hall–Kier alpha value is -2.04. The van der Waals surface area contributed by atoms with Crippen LogP contribution in [0.3, 0.4) is 0 Å². The number of aromatic carboxylic acids is 1. The summed E-state index contributed by atoms with van der Waals surface area (Å²) in [4.78, 5) is 10.8. The number of carboxylic acids is 1. The number of carboxylic acid groups (broad SMARTS) is 1. The molecule has 2 rings (SSSR count). The summed E-state index contributed by atoms with van der Waals surface area (Å²) >= 11 is 1.72. The normalized spacial score (nSPS) is 10.5. The fourth-order valence-corrected chi connectivity index (χ4v) is 1.99. The average Bonchev–Trinajstić information content (AvgIpc) is 2.67. The molecule has 0 atom stereocenters. The van der Waals surface area contributed by atoms with Gasteiger partial charge in [0.15, 0.2) is 17.2 Å². The van der Waals surface area contributed by atoms with E-state index in [-0.39, 0.29) is 15.1 Å². The molecule has 18 heavy (non-hydrogen) atoms. The van der Waals surface area contributed by atoms with Crippen molar-refractivity contribution in [2.45, 2.75) is 0 Å². The van der Waals surface area contributed by atoms with Gasteiger partial charge in [-0.1, -0.05) is 5.21 Å². The van der Waals surface area contributed by atoms with Crippen LogP contribution in [0.1, 0.15) is 10.5 Å². The van der Waals surface area contributed by atoms with Gasteiger partial charge in [-0.2, -0.15) is 0 Å². The molecule has 9 heteroatoms. The third-order valence-electron chi connectivity index (χ3n) is 2.12. The number of benzene rings is 1. The molecule has 0 saturated heterocycles. The number of aromatic hydroxyl groups is 3. The zero-order chi connectivity index (χ0) is 13.4. The first-order valence-corrected chi connectivity index (χ1v) is 5.59. The molecule has 2 aromatic rings. The van der Waals surface area contributed by atoms with E-state index in [2.05, 4.69) is 10.3 Å². The van der Waals surface area contributed by atoms with Crippen LogP contribution in [0.2, 0.25) is 0 Å². The zero-order valence-electron chi connectivity index (χ0n) is 8.57. The number of carbonyl (C=O) groups is 1. The molecule has 4 N–H and O–H groups in total. The predicted molar refractivity (Wildman–Crippen MR) is 66.0 cm³/mol. The van der Waals surface area contributed by atoms with Gasteiger partial charge in [0.2, 0.25) is 5.69 Å². The van der Waals surface area contributed by atoms with Crippen molar-refractivity contribution in [3.63, 3.8) is 0 Å². The number of halogens is 1. The standard InChI is InChI=1S/C9H6IN3O5/c10-8-6(9(17)18)11-12-13(8)3-1-4(14)7(16)5(15)2-3/h1-2,14-16H,(H,17,18). The molecule has 0 spiro atoms. The fourth-order valence-electron chi connectivity index (χ4n) is 1.28. The Balaban J connectivity index is 2.59. The lowest BCUT2D eigenvalue weighted by Crippen LogP contribution is -2.02. The third-order valence-corrected chi connectivity index (χ3v) is 3.08. The zero-order valence-corrected chi connectivity index (χ0v) is 10.7. The van der Waals surface area contributed by atoms with E-state index in [4.69, 9.17) is 5.11 Å². The van der Waals surface area contributed by atoms with Gasteiger partial charge >= 0.3 is 5.97 Å². The van der Waals surface area contributed by atoms with Crippen molar-refractivity contribution in [1.82, 2.24) is 15.0 Å². The van der Waals surface area contributed by atoms with Gasteiger partial charge in [-0.15, -0.1) is 5.10 Å². The third kappa shape index (κ3) is 1.92. The number of hydrogen-bond acceptors (Lipinski definition) is 6. The van der Waals surface area contributed by atoms with Crippen LogP contribution in [0.4, 0.5) is 0 Å². The van der Waals surface area contributed by atoms with Crippen molar-refractivity contribution in [2.75, 3.05) is 0 Å². The maximum Gasteiger partial charge on any atom is 0.359 e. The minimum absolute atomic E-state index is 0.173. The number of aromatic nitrogens is 3. The van der Waals surface area contributed by atoms with Gasteiger partial charge in [0.25, 0.3) is 0 Å². The number of rotatable bonds is 2. The van der Waals surface area contributed by atoms with Gasteiger partial charge in [-0.25, -0.2) is 9.48 Å². The average molecular weight is 363 g/mol. The fraction of sp³-hybridized carbons (Fsp3) is 0. The molecule has 8 nitrogen and oxygen atoms in total. The second-order valence-corrected chi connectivity index (χ2v) is 4.30. The molecular weight excluding hydrogens is 357 g/mol. The maximum absolute atomic E-state index is 10.8. The molecule has 0 radical (unpaired) electrons. The number of hydrogen-bond donors (Lipinski definition) is 4. The Morgan fingerprint density at radius 2 is 1.78 bits per heavy atom. The van der Waals surface area contributed by atoms with E-state index in [1.165, 1.54) is 0 Å². The van der Waals surface area contributed by atoms with Crippen LogP contribution in [0.25, 0.3) is 5.69 Å². The number of phenols is 3. The lowest BCUT2D eigenvalue weighted by molar-refractivity contribution is 0.0689.